The minimum absolute atomic E-state index is 0.131. The van der Waals surface area contributed by atoms with Gasteiger partial charge in [-0.3, -0.25) is 0 Å². The molecule has 0 aliphatic heterocycles. The van der Waals surface area contributed by atoms with Crippen LogP contribution >= 0.6 is 15.9 Å². The molecule has 0 aliphatic rings. The van der Waals surface area contributed by atoms with E-state index < -0.39 is 29.2 Å². The van der Waals surface area contributed by atoms with Crippen LogP contribution in [0.25, 0.3) is 0 Å². The van der Waals surface area contributed by atoms with Crippen molar-refractivity contribution in [1.29, 1.82) is 0 Å². The van der Waals surface area contributed by atoms with Gasteiger partial charge in [0.05, 0.1) is 0 Å². The molecule has 1 aromatic rings. The summed E-state index contributed by atoms with van der Waals surface area (Å²) in [6.45, 7) is 0.882. The Labute approximate surface area is 92.4 Å². The minimum atomic E-state index is -3.05. The lowest BCUT2D eigenvalue weighted by atomic mass is 9.92. The van der Waals surface area contributed by atoms with Crippen LogP contribution in [0, 0.1) is 11.6 Å². The summed E-state index contributed by atoms with van der Waals surface area (Å²) in [4.78, 5) is 0. The van der Waals surface area contributed by atoms with Gasteiger partial charge >= 0.3 is 0 Å². The summed E-state index contributed by atoms with van der Waals surface area (Å²) < 4.78 is 51.7. The van der Waals surface area contributed by atoms with E-state index in [0.29, 0.717) is 0 Å². The summed E-state index contributed by atoms with van der Waals surface area (Å²) in [5.41, 5.74) is 2.04. The van der Waals surface area contributed by atoms with Crippen molar-refractivity contribution in [2.75, 3.05) is 0 Å². The van der Waals surface area contributed by atoms with Gasteiger partial charge in [-0.15, -0.1) is 0 Å². The largest absolute Gasteiger partial charge is 0.317 e. The number of nitrogens with two attached hydrogens (primary N) is 1. The van der Waals surface area contributed by atoms with Gasteiger partial charge in [-0.1, -0.05) is 15.9 Å². The molecule has 0 radical (unpaired) electrons. The van der Waals surface area contributed by atoms with Crippen LogP contribution in [-0.2, 0) is 5.54 Å². The lowest BCUT2D eigenvalue weighted by Crippen LogP contribution is -2.42. The number of hydrogen-bond acceptors (Lipinski definition) is 1. The summed E-state index contributed by atoms with van der Waals surface area (Å²) in [6, 6.07) is 1.79. The van der Waals surface area contributed by atoms with Crippen LogP contribution in [0.1, 0.15) is 12.5 Å². The van der Waals surface area contributed by atoms with Crippen LogP contribution in [-0.4, -0.2) is 6.43 Å². The fourth-order valence-electron chi connectivity index (χ4n) is 1.17. The standard InChI is InChI=1S/C9H8BrF4N/c1-9(15,8(13)14)7-5(11)2-4(10)3-6(7)12/h2-3,8H,15H2,1H3. The van der Waals surface area contributed by atoms with E-state index in [2.05, 4.69) is 15.9 Å². The predicted molar refractivity (Wildman–Crippen MR) is 51.6 cm³/mol. The van der Waals surface area contributed by atoms with Crippen molar-refractivity contribution in [3.8, 4) is 0 Å². The number of benzene rings is 1. The monoisotopic (exact) mass is 285 g/mol. The van der Waals surface area contributed by atoms with Crippen molar-refractivity contribution in [3.63, 3.8) is 0 Å². The van der Waals surface area contributed by atoms with E-state index in [1.807, 2.05) is 0 Å². The van der Waals surface area contributed by atoms with Crippen LogP contribution in [0.15, 0.2) is 16.6 Å². The van der Waals surface area contributed by atoms with Crippen molar-refractivity contribution in [2.24, 2.45) is 5.73 Å². The van der Waals surface area contributed by atoms with Gasteiger partial charge in [-0.25, -0.2) is 17.6 Å². The first-order chi connectivity index (χ1) is 6.76. The molecule has 1 atom stereocenters. The van der Waals surface area contributed by atoms with Crippen LogP contribution in [0.2, 0.25) is 0 Å². The Morgan fingerprint density at radius 2 is 1.67 bits per heavy atom. The van der Waals surface area contributed by atoms with Crippen molar-refractivity contribution in [3.05, 3.63) is 33.8 Å². The summed E-state index contributed by atoms with van der Waals surface area (Å²) in [7, 11) is 0. The molecule has 2 N–H and O–H groups in total. The van der Waals surface area contributed by atoms with E-state index in [9.17, 15) is 17.6 Å². The number of hydrogen-bond donors (Lipinski definition) is 1. The third-order valence-corrected chi connectivity index (χ3v) is 2.46. The lowest BCUT2D eigenvalue weighted by Gasteiger charge is -2.25. The highest BCUT2D eigenvalue weighted by Gasteiger charge is 2.37. The highest BCUT2D eigenvalue weighted by atomic mass is 79.9. The van der Waals surface area contributed by atoms with Gasteiger partial charge in [-0.05, 0) is 19.1 Å². The molecule has 84 valence electrons. The normalized spacial score (nSPS) is 15.5. The molecule has 0 bridgehead atoms. The van der Waals surface area contributed by atoms with E-state index in [0.717, 1.165) is 19.1 Å². The van der Waals surface area contributed by atoms with Crippen molar-refractivity contribution in [2.45, 2.75) is 18.9 Å². The molecule has 1 unspecified atom stereocenters. The first kappa shape index (κ1) is 12.4. The maximum absolute atomic E-state index is 13.3. The summed E-state index contributed by atoms with van der Waals surface area (Å²) >= 11 is 2.84. The quantitative estimate of drug-likeness (QED) is 0.830. The highest BCUT2D eigenvalue weighted by molar-refractivity contribution is 9.10. The van der Waals surface area contributed by atoms with E-state index >= 15 is 0 Å². The fourth-order valence-corrected chi connectivity index (χ4v) is 1.57. The van der Waals surface area contributed by atoms with E-state index in [-0.39, 0.29) is 4.47 Å². The average molecular weight is 286 g/mol. The molecule has 0 heterocycles. The van der Waals surface area contributed by atoms with E-state index in [1.165, 1.54) is 0 Å². The van der Waals surface area contributed by atoms with Crippen LogP contribution in [0.4, 0.5) is 17.6 Å². The maximum Gasteiger partial charge on any atom is 0.260 e. The summed E-state index contributed by atoms with van der Waals surface area (Å²) in [6.07, 6.45) is -3.05. The Morgan fingerprint density at radius 1 is 1.27 bits per heavy atom. The highest BCUT2D eigenvalue weighted by Crippen LogP contribution is 2.31. The zero-order valence-electron chi connectivity index (χ0n) is 7.70. The Kier molecular flexibility index (Phi) is 3.40. The van der Waals surface area contributed by atoms with Gasteiger partial charge in [0.1, 0.15) is 17.2 Å². The molecular formula is C9H8BrF4N. The molecule has 0 fully saturated rings. The molecule has 0 spiro atoms. The molecule has 1 rings (SSSR count). The van der Waals surface area contributed by atoms with Crippen LogP contribution in [0.5, 0.6) is 0 Å². The topological polar surface area (TPSA) is 26.0 Å². The third kappa shape index (κ3) is 2.31. The zero-order valence-corrected chi connectivity index (χ0v) is 9.29. The predicted octanol–water partition coefficient (Wildman–Crippen LogP) is 3.17. The van der Waals surface area contributed by atoms with Crippen molar-refractivity contribution >= 4 is 15.9 Å². The van der Waals surface area contributed by atoms with E-state index in [1.54, 1.807) is 0 Å². The third-order valence-electron chi connectivity index (χ3n) is 2.00. The Bertz CT molecular complexity index is 355. The summed E-state index contributed by atoms with van der Waals surface area (Å²) in [5.74, 6) is -2.18. The van der Waals surface area contributed by atoms with Crippen molar-refractivity contribution < 1.29 is 17.6 Å². The zero-order chi connectivity index (χ0) is 11.8. The lowest BCUT2D eigenvalue weighted by molar-refractivity contribution is 0.0582. The first-order valence-corrected chi connectivity index (χ1v) is 4.78. The molecular weight excluding hydrogens is 278 g/mol. The van der Waals surface area contributed by atoms with Gasteiger partial charge in [-0.2, -0.15) is 0 Å². The molecule has 0 saturated carbocycles. The molecule has 0 saturated heterocycles. The second-order valence-electron chi connectivity index (χ2n) is 3.33. The SMILES string of the molecule is CC(N)(c1c(F)cc(Br)cc1F)C(F)F. The van der Waals surface area contributed by atoms with Gasteiger partial charge < -0.3 is 5.73 Å². The summed E-state index contributed by atoms with van der Waals surface area (Å²) in [5, 5.41) is 0. The Hall–Kier alpha value is -0.620. The second-order valence-corrected chi connectivity index (χ2v) is 4.24. The van der Waals surface area contributed by atoms with E-state index in [4.69, 9.17) is 5.73 Å². The molecule has 0 aliphatic carbocycles. The number of rotatable bonds is 2. The average Bonchev–Trinajstić information content (AvgIpc) is 2.00. The van der Waals surface area contributed by atoms with Crippen LogP contribution < -0.4 is 5.73 Å². The van der Waals surface area contributed by atoms with Gasteiger partial charge in [0.2, 0.25) is 0 Å². The maximum atomic E-state index is 13.3. The smallest absolute Gasteiger partial charge is 0.260 e. The van der Waals surface area contributed by atoms with Gasteiger partial charge in [0.15, 0.2) is 0 Å². The molecule has 1 aromatic carbocycles. The first-order valence-electron chi connectivity index (χ1n) is 3.99. The minimum Gasteiger partial charge on any atom is -0.317 e. The Balaban J connectivity index is 3.38. The van der Waals surface area contributed by atoms with Gasteiger partial charge in [0.25, 0.3) is 6.43 Å². The molecule has 1 nitrogen and oxygen atoms in total. The number of halogens is 5. The molecule has 15 heavy (non-hydrogen) atoms. The molecule has 6 heteroatoms. The van der Waals surface area contributed by atoms with Crippen molar-refractivity contribution in [1.82, 2.24) is 0 Å². The van der Waals surface area contributed by atoms with Crippen LogP contribution in [0.3, 0.4) is 0 Å². The number of alkyl halides is 2. The second kappa shape index (κ2) is 4.09. The molecule has 0 aromatic heterocycles. The molecule has 0 amide bonds. The van der Waals surface area contributed by atoms with Gasteiger partial charge in [0, 0.05) is 10.0 Å². The fraction of sp³-hybridized carbons (Fsp3) is 0.333. The Morgan fingerprint density at radius 3 is 2.00 bits per heavy atom.